The maximum absolute atomic E-state index is 13.3. The summed E-state index contributed by atoms with van der Waals surface area (Å²) in [4.78, 5) is 22.0. The van der Waals surface area contributed by atoms with Gasteiger partial charge < -0.3 is 15.0 Å². The van der Waals surface area contributed by atoms with Crippen LogP contribution in [-0.4, -0.2) is 66.6 Å². The Morgan fingerprint density at radius 1 is 1.15 bits per heavy atom. The summed E-state index contributed by atoms with van der Waals surface area (Å²) in [7, 11) is 2.13. The average Bonchev–Trinajstić information content (AvgIpc) is 2.95. The third-order valence-electron chi connectivity index (χ3n) is 5.37. The lowest BCUT2D eigenvalue weighted by atomic mass is 10.1. The van der Waals surface area contributed by atoms with E-state index >= 15 is 0 Å². The molecule has 27 heavy (non-hydrogen) atoms. The van der Waals surface area contributed by atoms with Gasteiger partial charge in [-0.2, -0.15) is 0 Å². The monoisotopic (exact) mass is 366 g/mol. The molecule has 142 valence electrons. The predicted molar refractivity (Wildman–Crippen MR) is 105 cm³/mol. The van der Waals surface area contributed by atoms with Gasteiger partial charge in [-0.3, -0.25) is 14.7 Å². The number of ether oxygens (including phenoxy) is 1. The molecule has 2 aromatic rings. The second kappa shape index (κ2) is 8.06. The van der Waals surface area contributed by atoms with Crippen LogP contribution in [0.4, 0.5) is 5.69 Å². The fraction of sp³-hybridized carbons (Fsp3) is 0.429. The summed E-state index contributed by atoms with van der Waals surface area (Å²) in [6, 6.07) is 13.9. The van der Waals surface area contributed by atoms with Crippen LogP contribution in [0.2, 0.25) is 0 Å². The number of carbonyl (C=O) groups is 1. The van der Waals surface area contributed by atoms with Crippen LogP contribution in [0.25, 0.3) is 0 Å². The zero-order chi connectivity index (χ0) is 18.6. The van der Waals surface area contributed by atoms with Crippen molar-refractivity contribution < 1.29 is 9.53 Å². The number of hydrogen-bond acceptors (Lipinski definition) is 5. The Hall–Kier alpha value is -2.44. The summed E-state index contributed by atoms with van der Waals surface area (Å²) < 4.78 is 5.78. The van der Waals surface area contributed by atoms with E-state index in [-0.39, 0.29) is 11.9 Å². The summed E-state index contributed by atoms with van der Waals surface area (Å²) in [5, 5.41) is 3.38. The number of fused-ring (bicyclic) bond motifs is 3. The Morgan fingerprint density at radius 3 is 2.85 bits per heavy atom. The van der Waals surface area contributed by atoms with Crippen molar-refractivity contribution in [2.45, 2.75) is 12.6 Å². The van der Waals surface area contributed by atoms with Crippen LogP contribution in [0.15, 0.2) is 48.7 Å². The van der Waals surface area contributed by atoms with Crippen LogP contribution in [0, 0.1) is 5.92 Å². The van der Waals surface area contributed by atoms with E-state index in [2.05, 4.69) is 22.2 Å². The van der Waals surface area contributed by atoms with E-state index < -0.39 is 0 Å². The molecular weight excluding hydrogens is 340 g/mol. The van der Waals surface area contributed by atoms with Crippen LogP contribution >= 0.6 is 0 Å². The number of nitrogens with one attached hydrogen (secondary N) is 1. The summed E-state index contributed by atoms with van der Waals surface area (Å²) in [5.41, 5.74) is 2.52. The van der Waals surface area contributed by atoms with E-state index in [4.69, 9.17) is 4.74 Å². The number of pyridine rings is 1. The first-order valence-corrected chi connectivity index (χ1v) is 9.51. The highest BCUT2D eigenvalue weighted by Crippen LogP contribution is 2.23. The molecule has 4 rings (SSSR count). The van der Waals surface area contributed by atoms with Gasteiger partial charge >= 0.3 is 0 Å². The number of likely N-dealkylation sites (N-methyl/N-ethyl adjacent to an activating group) is 1. The van der Waals surface area contributed by atoms with E-state index in [1.807, 2.05) is 47.4 Å². The van der Waals surface area contributed by atoms with Crippen molar-refractivity contribution in [1.29, 1.82) is 0 Å². The van der Waals surface area contributed by atoms with Crippen molar-refractivity contribution in [3.05, 3.63) is 59.9 Å². The highest BCUT2D eigenvalue weighted by Gasteiger charge is 2.34. The summed E-state index contributed by atoms with van der Waals surface area (Å²) in [6.45, 7) is 4.44. The predicted octanol–water partition coefficient (Wildman–Crippen LogP) is 2.10. The van der Waals surface area contributed by atoms with Crippen molar-refractivity contribution >= 4 is 11.6 Å². The number of benzene rings is 1. The zero-order valence-corrected chi connectivity index (χ0v) is 15.7. The van der Waals surface area contributed by atoms with Gasteiger partial charge in [-0.15, -0.1) is 0 Å². The molecule has 0 unspecified atom stereocenters. The van der Waals surface area contributed by atoms with Crippen LogP contribution < -0.4 is 5.32 Å². The Balaban J connectivity index is 1.52. The van der Waals surface area contributed by atoms with Gasteiger partial charge in [0, 0.05) is 37.4 Å². The largest absolute Gasteiger partial charge is 0.379 e. The number of para-hydroxylation sites is 1. The molecule has 6 nitrogen and oxygen atoms in total. The van der Waals surface area contributed by atoms with Crippen LogP contribution in [-0.2, 0) is 11.3 Å². The average molecular weight is 366 g/mol. The standard InChI is InChI=1S/C21H26N4O2/c1-24-11-16-12-25(13-18(24)15-27-14-16)21(26)19-7-2-3-8-20(19)23-10-17-6-4-5-9-22-17/h2-9,16,18,23H,10-15H2,1H3/t16-,18+/m1/s1. The van der Waals surface area contributed by atoms with E-state index in [1.165, 1.54) is 0 Å². The van der Waals surface area contributed by atoms with Gasteiger partial charge in [-0.1, -0.05) is 18.2 Å². The molecular formula is C21H26N4O2. The Bertz CT molecular complexity index is 783. The number of nitrogens with zero attached hydrogens (tertiary/aromatic N) is 3. The van der Waals surface area contributed by atoms with E-state index in [0.29, 0.717) is 25.6 Å². The number of hydrogen-bond donors (Lipinski definition) is 1. The van der Waals surface area contributed by atoms with Gasteiger partial charge in [0.25, 0.3) is 5.91 Å². The molecule has 2 bridgehead atoms. The first-order chi connectivity index (χ1) is 13.2. The fourth-order valence-electron chi connectivity index (χ4n) is 3.90. The normalized spacial score (nSPS) is 22.9. The Morgan fingerprint density at radius 2 is 2.00 bits per heavy atom. The lowest BCUT2D eigenvalue weighted by Crippen LogP contribution is -2.44. The lowest BCUT2D eigenvalue weighted by molar-refractivity contribution is 0.0434. The van der Waals surface area contributed by atoms with Crippen LogP contribution in [0.5, 0.6) is 0 Å². The molecule has 6 heteroatoms. The highest BCUT2D eigenvalue weighted by molar-refractivity contribution is 5.99. The van der Waals surface area contributed by atoms with Crippen molar-refractivity contribution in [3.8, 4) is 0 Å². The molecule has 0 radical (unpaired) electrons. The van der Waals surface area contributed by atoms with E-state index in [9.17, 15) is 4.79 Å². The molecule has 0 spiro atoms. The third kappa shape index (κ3) is 4.12. The van der Waals surface area contributed by atoms with E-state index in [1.54, 1.807) is 6.20 Å². The summed E-state index contributed by atoms with van der Waals surface area (Å²) >= 11 is 0. The Kier molecular flexibility index (Phi) is 5.36. The fourth-order valence-corrected chi connectivity index (χ4v) is 3.90. The lowest BCUT2D eigenvalue weighted by Gasteiger charge is -2.30. The molecule has 1 amide bonds. The molecule has 1 aromatic carbocycles. The first-order valence-electron chi connectivity index (χ1n) is 9.51. The molecule has 2 aliphatic rings. The van der Waals surface area contributed by atoms with Gasteiger partial charge in [0.1, 0.15) is 0 Å². The Labute approximate surface area is 160 Å². The van der Waals surface area contributed by atoms with Gasteiger partial charge in [0.15, 0.2) is 0 Å². The number of rotatable bonds is 4. The quantitative estimate of drug-likeness (QED) is 0.898. The minimum Gasteiger partial charge on any atom is -0.379 e. The molecule has 1 aromatic heterocycles. The zero-order valence-electron chi connectivity index (χ0n) is 15.7. The second-order valence-corrected chi connectivity index (χ2v) is 7.43. The van der Waals surface area contributed by atoms with Crippen molar-refractivity contribution in [1.82, 2.24) is 14.8 Å². The summed E-state index contributed by atoms with van der Waals surface area (Å²) in [5.74, 6) is 0.450. The van der Waals surface area contributed by atoms with Crippen molar-refractivity contribution in [3.63, 3.8) is 0 Å². The minimum atomic E-state index is 0.0892. The van der Waals surface area contributed by atoms with Gasteiger partial charge in [-0.05, 0) is 31.3 Å². The topological polar surface area (TPSA) is 57.7 Å². The molecule has 3 heterocycles. The smallest absolute Gasteiger partial charge is 0.256 e. The van der Waals surface area contributed by atoms with Crippen LogP contribution in [0.1, 0.15) is 16.1 Å². The number of anilines is 1. The first kappa shape index (κ1) is 17.9. The number of amides is 1. The highest BCUT2D eigenvalue weighted by atomic mass is 16.5. The summed E-state index contributed by atoms with van der Waals surface area (Å²) in [6.07, 6.45) is 1.78. The van der Waals surface area contributed by atoms with Gasteiger partial charge in [-0.25, -0.2) is 0 Å². The maximum atomic E-state index is 13.3. The molecule has 0 aliphatic carbocycles. The van der Waals surface area contributed by atoms with Crippen molar-refractivity contribution in [2.24, 2.45) is 5.92 Å². The maximum Gasteiger partial charge on any atom is 0.256 e. The molecule has 1 N–H and O–H groups in total. The van der Waals surface area contributed by atoms with Gasteiger partial charge in [0.05, 0.1) is 37.1 Å². The SMILES string of the molecule is CN1C[C@H]2COC[C@@H]1CN(C(=O)c1ccccc1NCc1ccccn1)C2. The molecule has 2 atom stereocenters. The molecule has 2 fully saturated rings. The third-order valence-corrected chi connectivity index (χ3v) is 5.37. The molecule has 0 saturated carbocycles. The number of aromatic nitrogens is 1. The van der Waals surface area contributed by atoms with Crippen molar-refractivity contribution in [2.75, 3.05) is 45.2 Å². The minimum absolute atomic E-state index is 0.0892. The molecule has 2 aliphatic heterocycles. The second-order valence-electron chi connectivity index (χ2n) is 7.43. The van der Waals surface area contributed by atoms with Crippen LogP contribution in [0.3, 0.4) is 0 Å². The van der Waals surface area contributed by atoms with E-state index in [0.717, 1.165) is 36.6 Å². The number of carbonyl (C=O) groups excluding carboxylic acids is 1. The molecule has 2 saturated heterocycles. The van der Waals surface area contributed by atoms with Gasteiger partial charge in [0.2, 0.25) is 0 Å².